The van der Waals surface area contributed by atoms with E-state index in [9.17, 15) is 14.0 Å². The van der Waals surface area contributed by atoms with Gasteiger partial charge in [0.25, 0.3) is 0 Å². The van der Waals surface area contributed by atoms with Gasteiger partial charge in [0.15, 0.2) is 0 Å². The van der Waals surface area contributed by atoms with Gasteiger partial charge in [-0.2, -0.15) is 0 Å². The van der Waals surface area contributed by atoms with Crippen molar-refractivity contribution >= 4 is 12.0 Å². The SMILES string of the molecule is CC1CC(C(=O)O)CN(C(=O)NCc2cccc(F)c2)C1. The highest BCUT2D eigenvalue weighted by molar-refractivity contribution is 5.76. The zero-order valence-electron chi connectivity index (χ0n) is 11.9. The molecule has 21 heavy (non-hydrogen) atoms. The average Bonchev–Trinajstić information content (AvgIpc) is 2.44. The van der Waals surface area contributed by atoms with Gasteiger partial charge in [0, 0.05) is 19.6 Å². The Kier molecular flexibility index (Phi) is 4.77. The number of halogens is 1. The van der Waals surface area contributed by atoms with Crippen molar-refractivity contribution < 1.29 is 19.1 Å². The molecule has 1 aliphatic heterocycles. The van der Waals surface area contributed by atoms with Gasteiger partial charge in [0.2, 0.25) is 0 Å². The Balaban J connectivity index is 1.92. The summed E-state index contributed by atoms with van der Waals surface area (Å²) in [4.78, 5) is 24.7. The summed E-state index contributed by atoms with van der Waals surface area (Å²) in [6.07, 6.45) is 0.586. The van der Waals surface area contributed by atoms with E-state index in [4.69, 9.17) is 5.11 Å². The third kappa shape index (κ3) is 4.18. The molecule has 0 aliphatic carbocycles. The van der Waals surface area contributed by atoms with Crippen molar-refractivity contribution in [2.75, 3.05) is 13.1 Å². The van der Waals surface area contributed by atoms with Crippen LogP contribution in [0.15, 0.2) is 24.3 Å². The molecule has 1 aromatic carbocycles. The van der Waals surface area contributed by atoms with E-state index in [1.54, 1.807) is 12.1 Å². The van der Waals surface area contributed by atoms with Crippen LogP contribution in [0.1, 0.15) is 18.9 Å². The number of hydrogen-bond acceptors (Lipinski definition) is 2. The number of carboxylic acid groups (broad SMARTS) is 1. The maximum absolute atomic E-state index is 13.0. The third-order valence-corrected chi connectivity index (χ3v) is 3.63. The molecule has 0 radical (unpaired) electrons. The molecule has 2 rings (SSSR count). The molecule has 1 fully saturated rings. The number of carbonyl (C=O) groups is 2. The van der Waals surface area contributed by atoms with Crippen LogP contribution < -0.4 is 5.32 Å². The van der Waals surface area contributed by atoms with Gasteiger partial charge < -0.3 is 15.3 Å². The van der Waals surface area contributed by atoms with Crippen LogP contribution in [0, 0.1) is 17.7 Å². The van der Waals surface area contributed by atoms with Crippen LogP contribution in [0.5, 0.6) is 0 Å². The molecule has 2 unspecified atom stereocenters. The lowest BCUT2D eigenvalue weighted by Crippen LogP contribution is -2.49. The van der Waals surface area contributed by atoms with Gasteiger partial charge in [-0.15, -0.1) is 0 Å². The molecule has 2 N–H and O–H groups in total. The molecule has 0 saturated carbocycles. The van der Waals surface area contributed by atoms with E-state index in [1.807, 2.05) is 6.92 Å². The number of benzene rings is 1. The van der Waals surface area contributed by atoms with Crippen molar-refractivity contribution in [3.8, 4) is 0 Å². The molecule has 5 nitrogen and oxygen atoms in total. The highest BCUT2D eigenvalue weighted by atomic mass is 19.1. The number of likely N-dealkylation sites (tertiary alicyclic amines) is 1. The second-order valence-electron chi connectivity index (χ2n) is 5.57. The Labute approximate surface area is 122 Å². The minimum Gasteiger partial charge on any atom is -0.481 e. The molecule has 2 amide bonds. The number of amides is 2. The van der Waals surface area contributed by atoms with Crippen LogP contribution in [0.2, 0.25) is 0 Å². The Hall–Kier alpha value is -2.11. The van der Waals surface area contributed by atoms with Gasteiger partial charge in [0.1, 0.15) is 5.82 Å². The molecule has 0 aromatic heterocycles. The number of nitrogens with one attached hydrogen (secondary N) is 1. The van der Waals surface area contributed by atoms with Crippen LogP contribution in [-0.2, 0) is 11.3 Å². The largest absolute Gasteiger partial charge is 0.481 e. The van der Waals surface area contributed by atoms with E-state index in [0.717, 1.165) is 0 Å². The van der Waals surface area contributed by atoms with Gasteiger partial charge in [-0.25, -0.2) is 9.18 Å². The summed E-state index contributed by atoms with van der Waals surface area (Å²) < 4.78 is 13.0. The number of hydrogen-bond donors (Lipinski definition) is 2. The van der Waals surface area contributed by atoms with Crippen LogP contribution in [-0.4, -0.2) is 35.1 Å². The van der Waals surface area contributed by atoms with Crippen LogP contribution in [0.4, 0.5) is 9.18 Å². The van der Waals surface area contributed by atoms with Crippen molar-refractivity contribution in [2.24, 2.45) is 11.8 Å². The molecule has 1 aromatic rings. The normalized spacial score (nSPS) is 21.9. The Bertz CT molecular complexity index is 535. The molecule has 0 bridgehead atoms. The van der Waals surface area contributed by atoms with Crippen LogP contribution >= 0.6 is 0 Å². The van der Waals surface area contributed by atoms with Gasteiger partial charge in [0.05, 0.1) is 5.92 Å². The zero-order chi connectivity index (χ0) is 15.4. The van der Waals surface area contributed by atoms with E-state index in [0.29, 0.717) is 18.5 Å². The summed E-state index contributed by atoms with van der Waals surface area (Å²) in [6.45, 7) is 2.91. The first-order valence-corrected chi connectivity index (χ1v) is 6.95. The van der Waals surface area contributed by atoms with Crippen LogP contribution in [0.3, 0.4) is 0 Å². The van der Waals surface area contributed by atoms with Gasteiger partial charge >= 0.3 is 12.0 Å². The van der Waals surface area contributed by atoms with Crippen molar-refractivity contribution in [3.63, 3.8) is 0 Å². The predicted molar refractivity (Wildman–Crippen MR) is 75.1 cm³/mol. The lowest BCUT2D eigenvalue weighted by Gasteiger charge is -2.34. The number of rotatable bonds is 3. The summed E-state index contributed by atoms with van der Waals surface area (Å²) in [7, 11) is 0. The van der Waals surface area contributed by atoms with E-state index >= 15 is 0 Å². The average molecular weight is 294 g/mol. The summed E-state index contributed by atoms with van der Waals surface area (Å²) in [5.41, 5.74) is 0.670. The van der Waals surface area contributed by atoms with Gasteiger partial charge in [-0.1, -0.05) is 19.1 Å². The highest BCUT2D eigenvalue weighted by Crippen LogP contribution is 2.21. The topological polar surface area (TPSA) is 69.6 Å². The van der Waals surface area contributed by atoms with E-state index in [1.165, 1.54) is 17.0 Å². The number of carbonyl (C=O) groups excluding carboxylic acids is 1. The standard InChI is InChI=1S/C15H19FN2O3/c1-10-5-12(14(19)20)9-18(8-10)15(21)17-7-11-3-2-4-13(16)6-11/h2-4,6,10,12H,5,7-9H2,1H3,(H,17,21)(H,19,20). The van der Waals surface area contributed by atoms with E-state index in [2.05, 4.69) is 5.32 Å². The smallest absolute Gasteiger partial charge is 0.317 e. The fraction of sp³-hybridized carbons (Fsp3) is 0.467. The summed E-state index contributed by atoms with van der Waals surface area (Å²) in [5.74, 6) is -1.59. The Morgan fingerprint density at radius 1 is 1.43 bits per heavy atom. The molecular weight excluding hydrogens is 275 g/mol. The van der Waals surface area contributed by atoms with Gasteiger partial charge in [-0.3, -0.25) is 4.79 Å². The molecule has 0 spiro atoms. The first-order valence-electron chi connectivity index (χ1n) is 6.95. The van der Waals surface area contributed by atoms with Crippen molar-refractivity contribution in [1.29, 1.82) is 0 Å². The number of nitrogens with zero attached hydrogens (tertiary/aromatic N) is 1. The predicted octanol–water partition coefficient (Wildman–Crippen LogP) is 2.08. The lowest BCUT2D eigenvalue weighted by molar-refractivity contribution is -0.143. The fourth-order valence-corrected chi connectivity index (χ4v) is 2.63. The minimum absolute atomic E-state index is 0.153. The van der Waals surface area contributed by atoms with E-state index < -0.39 is 11.9 Å². The summed E-state index contributed by atoms with van der Waals surface area (Å²) in [5, 5.41) is 11.8. The van der Waals surface area contributed by atoms with E-state index in [-0.39, 0.29) is 30.9 Å². The molecule has 6 heteroatoms. The summed E-state index contributed by atoms with van der Waals surface area (Å²) in [6, 6.07) is 5.70. The fourth-order valence-electron chi connectivity index (χ4n) is 2.63. The Morgan fingerprint density at radius 2 is 2.19 bits per heavy atom. The monoisotopic (exact) mass is 294 g/mol. The second kappa shape index (κ2) is 6.56. The maximum Gasteiger partial charge on any atom is 0.317 e. The molecule has 1 heterocycles. The van der Waals surface area contributed by atoms with Crippen molar-refractivity contribution in [3.05, 3.63) is 35.6 Å². The quantitative estimate of drug-likeness (QED) is 0.896. The van der Waals surface area contributed by atoms with Crippen molar-refractivity contribution in [2.45, 2.75) is 19.9 Å². The molecule has 2 atom stereocenters. The number of urea groups is 1. The molecule has 114 valence electrons. The maximum atomic E-state index is 13.0. The first kappa shape index (κ1) is 15.3. The lowest BCUT2D eigenvalue weighted by atomic mass is 9.91. The van der Waals surface area contributed by atoms with Gasteiger partial charge in [-0.05, 0) is 30.0 Å². The van der Waals surface area contributed by atoms with Crippen LogP contribution in [0.25, 0.3) is 0 Å². The minimum atomic E-state index is -0.871. The number of aliphatic carboxylic acids is 1. The molecular formula is C15H19FN2O3. The second-order valence-corrected chi connectivity index (χ2v) is 5.57. The third-order valence-electron chi connectivity index (χ3n) is 3.63. The Morgan fingerprint density at radius 3 is 2.86 bits per heavy atom. The highest BCUT2D eigenvalue weighted by Gasteiger charge is 2.31. The van der Waals surface area contributed by atoms with Crippen molar-refractivity contribution in [1.82, 2.24) is 10.2 Å². The molecule has 1 saturated heterocycles. The zero-order valence-corrected chi connectivity index (χ0v) is 11.9. The first-order chi connectivity index (χ1) is 9.95. The summed E-state index contributed by atoms with van der Waals surface area (Å²) >= 11 is 0. The number of piperidine rings is 1. The molecule has 1 aliphatic rings. The number of carboxylic acids is 1.